The number of rotatable bonds is 4. The summed E-state index contributed by atoms with van der Waals surface area (Å²) < 4.78 is 5.40. The van der Waals surface area contributed by atoms with Gasteiger partial charge in [0.1, 0.15) is 19.6 Å². The van der Waals surface area contributed by atoms with Crippen molar-refractivity contribution < 1.29 is 14.4 Å². The van der Waals surface area contributed by atoms with Crippen LogP contribution >= 0.6 is 0 Å². The molecule has 0 radical (unpaired) electrons. The van der Waals surface area contributed by atoms with E-state index in [2.05, 4.69) is 17.4 Å². The fourth-order valence-corrected chi connectivity index (χ4v) is 4.57. The Balaban J connectivity index is 1.33. The Morgan fingerprint density at radius 3 is 2.57 bits per heavy atom. The molecule has 1 aromatic carbocycles. The van der Waals surface area contributed by atoms with E-state index in [9.17, 15) is 4.79 Å². The van der Waals surface area contributed by atoms with Crippen molar-refractivity contribution in [1.29, 1.82) is 0 Å². The summed E-state index contributed by atoms with van der Waals surface area (Å²) in [6.45, 7) is 4.90. The second-order valence-electron chi connectivity index (χ2n) is 7.49. The molecule has 1 aromatic rings. The molecule has 3 atom stereocenters. The molecule has 0 aromatic heterocycles. The number of ether oxygens (including phenoxy) is 1. The van der Waals surface area contributed by atoms with Gasteiger partial charge in [0.2, 0.25) is 0 Å². The number of hydrogen-bond acceptors (Lipinski definition) is 2. The minimum absolute atomic E-state index is 0.104. The molecule has 1 amide bonds. The SMILES string of the molecule is O=C(N[C@H]1C[C@@H]2CC[C@H]1C2)c1ccc(C[NH+]2CCOCC2)cc1. The van der Waals surface area contributed by atoms with E-state index in [1.165, 1.54) is 31.2 Å². The van der Waals surface area contributed by atoms with Crippen molar-refractivity contribution in [2.75, 3.05) is 26.3 Å². The molecule has 4 heteroatoms. The quantitative estimate of drug-likeness (QED) is 0.871. The van der Waals surface area contributed by atoms with Gasteiger partial charge >= 0.3 is 0 Å². The molecule has 2 N–H and O–H groups in total. The number of morpholine rings is 1. The molecule has 0 unspecified atom stereocenters. The van der Waals surface area contributed by atoms with Crippen molar-refractivity contribution in [2.45, 2.75) is 38.3 Å². The van der Waals surface area contributed by atoms with E-state index in [0.717, 1.165) is 50.2 Å². The van der Waals surface area contributed by atoms with Crippen LogP contribution in [0.15, 0.2) is 24.3 Å². The Morgan fingerprint density at radius 2 is 1.91 bits per heavy atom. The Bertz CT molecular complexity index is 551. The van der Waals surface area contributed by atoms with Gasteiger partial charge in [0.25, 0.3) is 5.91 Å². The molecule has 2 bridgehead atoms. The average Bonchev–Trinajstić information content (AvgIpc) is 3.19. The molecule has 1 heterocycles. The van der Waals surface area contributed by atoms with Crippen LogP contribution in [0.25, 0.3) is 0 Å². The number of quaternary nitrogens is 1. The monoisotopic (exact) mass is 315 g/mol. The molecule has 2 aliphatic carbocycles. The summed E-state index contributed by atoms with van der Waals surface area (Å²) in [7, 11) is 0. The summed E-state index contributed by atoms with van der Waals surface area (Å²) in [6, 6.07) is 8.60. The molecule has 3 fully saturated rings. The summed E-state index contributed by atoms with van der Waals surface area (Å²) in [6.07, 6.45) is 5.19. The number of fused-ring (bicyclic) bond motifs is 2. The standard InChI is InChI=1S/C19H26N2O2/c22-19(20-18-12-15-3-6-17(18)11-15)16-4-1-14(2-5-16)13-21-7-9-23-10-8-21/h1-2,4-5,15,17-18H,3,6-13H2,(H,20,22)/p+1/t15-,17+,18+/m1/s1. The van der Waals surface area contributed by atoms with Crippen molar-refractivity contribution in [1.82, 2.24) is 5.32 Å². The number of hydrogen-bond donors (Lipinski definition) is 2. The molecule has 1 saturated heterocycles. The number of benzene rings is 1. The van der Waals surface area contributed by atoms with Crippen LogP contribution < -0.4 is 10.2 Å². The second kappa shape index (κ2) is 6.62. The van der Waals surface area contributed by atoms with Gasteiger partial charge in [0.15, 0.2) is 0 Å². The van der Waals surface area contributed by atoms with E-state index in [1.807, 2.05) is 12.1 Å². The summed E-state index contributed by atoms with van der Waals surface area (Å²) >= 11 is 0. The van der Waals surface area contributed by atoms with E-state index in [4.69, 9.17) is 4.74 Å². The van der Waals surface area contributed by atoms with Gasteiger partial charge in [-0.15, -0.1) is 0 Å². The van der Waals surface area contributed by atoms with Crippen LogP contribution in [0.5, 0.6) is 0 Å². The smallest absolute Gasteiger partial charge is 0.251 e. The molecule has 3 aliphatic rings. The zero-order valence-electron chi connectivity index (χ0n) is 13.7. The summed E-state index contributed by atoms with van der Waals surface area (Å²) in [4.78, 5) is 14.0. The van der Waals surface area contributed by atoms with Crippen molar-refractivity contribution in [3.05, 3.63) is 35.4 Å². The fraction of sp³-hybridized carbons (Fsp3) is 0.632. The van der Waals surface area contributed by atoms with E-state index >= 15 is 0 Å². The van der Waals surface area contributed by atoms with Crippen LogP contribution in [0.1, 0.15) is 41.6 Å². The molecule has 4 rings (SSSR count). The van der Waals surface area contributed by atoms with Crippen LogP contribution in [0.2, 0.25) is 0 Å². The van der Waals surface area contributed by atoms with Gasteiger partial charge in [0, 0.05) is 17.2 Å². The summed E-state index contributed by atoms with van der Waals surface area (Å²) in [5.41, 5.74) is 2.10. The first-order chi connectivity index (χ1) is 11.3. The van der Waals surface area contributed by atoms with Crippen molar-refractivity contribution in [2.24, 2.45) is 11.8 Å². The lowest BCUT2D eigenvalue weighted by molar-refractivity contribution is -0.921. The van der Waals surface area contributed by atoms with E-state index in [1.54, 1.807) is 4.90 Å². The highest BCUT2D eigenvalue weighted by Crippen LogP contribution is 2.44. The van der Waals surface area contributed by atoms with Crippen LogP contribution in [0, 0.1) is 11.8 Å². The maximum absolute atomic E-state index is 12.4. The van der Waals surface area contributed by atoms with Crippen molar-refractivity contribution >= 4 is 5.91 Å². The normalized spacial score (nSPS) is 30.5. The van der Waals surface area contributed by atoms with Gasteiger partial charge in [-0.1, -0.05) is 18.6 Å². The second-order valence-corrected chi connectivity index (χ2v) is 7.49. The van der Waals surface area contributed by atoms with Crippen LogP contribution in [0.3, 0.4) is 0 Å². The fourth-order valence-electron chi connectivity index (χ4n) is 4.57. The number of carbonyl (C=O) groups is 1. The Morgan fingerprint density at radius 1 is 1.13 bits per heavy atom. The predicted octanol–water partition coefficient (Wildman–Crippen LogP) is 1.02. The summed E-state index contributed by atoms with van der Waals surface area (Å²) in [5.74, 6) is 1.70. The van der Waals surface area contributed by atoms with Gasteiger partial charge in [0.05, 0.1) is 13.2 Å². The van der Waals surface area contributed by atoms with Gasteiger partial charge in [-0.3, -0.25) is 4.79 Å². The first kappa shape index (κ1) is 15.2. The number of carbonyl (C=O) groups excluding carboxylic acids is 1. The Hall–Kier alpha value is -1.39. The van der Waals surface area contributed by atoms with Crippen LogP contribution in [-0.4, -0.2) is 38.3 Å². The topological polar surface area (TPSA) is 42.8 Å². The molecular weight excluding hydrogens is 288 g/mol. The van der Waals surface area contributed by atoms with E-state index in [-0.39, 0.29) is 5.91 Å². The highest BCUT2D eigenvalue weighted by molar-refractivity contribution is 5.94. The maximum atomic E-state index is 12.4. The largest absolute Gasteiger partial charge is 0.370 e. The third-order valence-electron chi connectivity index (χ3n) is 5.92. The number of amides is 1. The van der Waals surface area contributed by atoms with Crippen LogP contribution in [0.4, 0.5) is 0 Å². The minimum Gasteiger partial charge on any atom is -0.370 e. The highest BCUT2D eigenvalue weighted by atomic mass is 16.5. The Labute approximate surface area is 138 Å². The van der Waals surface area contributed by atoms with E-state index < -0.39 is 0 Å². The Kier molecular flexibility index (Phi) is 4.36. The lowest BCUT2D eigenvalue weighted by Gasteiger charge is -2.24. The van der Waals surface area contributed by atoms with Gasteiger partial charge in [-0.25, -0.2) is 0 Å². The third-order valence-corrected chi connectivity index (χ3v) is 5.92. The van der Waals surface area contributed by atoms with Gasteiger partial charge in [-0.2, -0.15) is 0 Å². The minimum atomic E-state index is 0.104. The third kappa shape index (κ3) is 3.43. The predicted molar refractivity (Wildman–Crippen MR) is 88.4 cm³/mol. The van der Waals surface area contributed by atoms with Crippen molar-refractivity contribution in [3.8, 4) is 0 Å². The molecule has 4 nitrogen and oxygen atoms in total. The van der Waals surface area contributed by atoms with Crippen molar-refractivity contribution in [3.63, 3.8) is 0 Å². The molecular formula is C19H27N2O2+. The zero-order chi connectivity index (χ0) is 15.6. The molecule has 124 valence electrons. The van der Waals surface area contributed by atoms with Gasteiger partial charge in [-0.05, 0) is 43.2 Å². The highest BCUT2D eigenvalue weighted by Gasteiger charge is 2.40. The zero-order valence-corrected chi connectivity index (χ0v) is 13.7. The summed E-state index contributed by atoms with van der Waals surface area (Å²) in [5, 5.41) is 3.27. The first-order valence-electron chi connectivity index (χ1n) is 9.09. The maximum Gasteiger partial charge on any atom is 0.251 e. The number of nitrogens with one attached hydrogen (secondary N) is 2. The molecule has 23 heavy (non-hydrogen) atoms. The van der Waals surface area contributed by atoms with Crippen LogP contribution in [-0.2, 0) is 11.3 Å². The molecule has 2 saturated carbocycles. The first-order valence-corrected chi connectivity index (χ1v) is 9.09. The lowest BCUT2D eigenvalue weighted by Crippen LogP contribution is -3.12. The van der Waals surface area contributed by atoms with Gasteiger partial charge < -0.3 is 15.0 Å². The lowest BCUT2D eigenvalue weighted by atomic mass is 9.95. The average molecular weight is 315 g/mol. The molecule has 0 spiro atoms. The van der Waals surface area contributed by atoms with E-state index in [0.29, 0.717) is 6.04 Å². The molecule has 1 aliphatic heterocycles.